The highest BCUT2D eigenvalue weighted by Gasteiger charge is 1.82. The Balaban J connectivity index is 2.62. The van der Waals surface area contributed by atoms with Crippen molar-refractivity contribution in [3.63, 3.8) is 0 Å². The van der Waals surface area contributed by atoms with Gasteiger partial charge in [0.2, 0.25) is 0 Å². The van der Waals surface area contributed by atoms with E-state index in [4.69, 9.17) is 5.53 Å². The predicted octanol–water partition coefficient (Wildman–Crippen LogP) is 2.60. The number of unbranched alkanes of at least 4 members (excludes halogenated alkanes) is 3. The normalized spacial score (nSPS) is 9.12. The van der Waals surface area contributed by atoms with E-state index in [2.05, 4.69) is 12.0 Å². The van der Waals surface area contributed by atoms with E-state index in [9.17, 15) is 0 Å². The van der Waals surface area contributed by atoms with Gasteiger partial charge in [-0.3, -0.25) is 0 Å². The molecule has 0 rings (SSSR count). The highest BCUT2D eigenvalue weighted by atomic mass is 14.9. The van der Waals surface area contributed by atoms with Crippen molar-refractivity contribution < 1.29 is 0 Å². The summed E-state index contributed by atoms with van der Waals surface area (Å²) >= 11 is 0. The minimum absolute atomic E-state index is 0.722. The second-order valence-corrected chi connectivity index (χ2v) is 1.94. The van der Waals surface area contributed by atoms with Gasteiger partial charge in [-0.1, -0.05) is 26.2 Å². The molecule has 0 aromatic rings. The summed E-state index contributed by atoms with van der Waals surface area (Å²) < 4.78 is 0. The maximum atomic E-state index is 6.46. The summed E-state index contributed by atoms with van der Waals surface area (Å²) in [6.45, 7) is 2.90. The second kappa shape index (κ2) is 6.60. The Bertz CT molecular complexity index is 52.5. The standard InChI is InChI=1S/C6H14N2/c1-2-3-4-5-6-8-7/h7H,2-6H2,1H3. The maximum Gasteiger partial charge on any atom is 0.0596 e. The van der Waals surface area contributed by atoms with Crippen molar-refractivity contribution in [2.45, 2.75) is 32.6 Å². The van der Waals surface area contributed by atoms with Gasteiger partial charge in [0.15, 0.2) is 0 Å². The first-order valence-corrected chi connectivity index (χ1v) is 3.25. The summed E-state index contributed by atoms with van der Waals surface area (Å²) in [5.41, 5.74) is 6.46. The van der Waals surface area contributed by atoms with Gasteiger partial charge in [-0.05, 0) is 6.42 Å². The summed E-state index contributed by atoms with van der Waals surface area (Å²) in [5, 5.41) is 3.26. The zero-order chi connectivity index (χ0) is 6.24. The van der Waals surface area contributed by atoms with Crippen molar-refractivity contribution in [3.05, 3.63) is 0 Å². The average molecular weight is 114 g/mol. The zero-order valence-electron chi connectivity index (χ0n) is 5.48. The molecule has 0 heterocycles. The molecular weight excluding hydrogens is 100 g/mol. The molecule has 0 amide bonds. The predicted molar refractivity (Wildman–Crippen MR) is 34.2 cm³/mol. The fourth-order valence-electron chi connectivity index (χ4n) is 0.618. The molecule has 0 atom stereocenters. The van der Waals surface area contributed by atoms with Gasteiger partial charge in [-0.25, -0.2) is 5.53 Å². The Kier molecular flexibility index (Phi) is 6.27. The molecule has 2 nitrogen and oxygen atoms in total. The third kappa shape index (κ3) is 5.60. The first-order valence-electron chi connectivity index (χ1n) is 3.25. The van der Waals surface area contributed by atoms with E-state index in [1.165, 1.54) is 19.3 Å². The topological polar surface area (TPSA) is 36.2 Å². The molecule has 0 aliphatic heterocycles. The summed E-state index contributed by atoms with van der Waals surface area (Å²) in [5.74, 6) is 0. The monoisotopic (exact) mass is 114 g/mol. The van der Waals surface area contributed by atoms with Gasteiger partial charge in [-0.15, -0.1) is 0 Å². The first kappa shape index (κ1) is 7.60. The van der Waals surface area contributed by atoms with Crippen LogP contribution < -0.4 is 0 Å². The van der Waals surface area contributed by atoms with Crippen LogP contribution in [0.2, 0.25) is 0 Å². The van der Waals surface area contributed by atoms with Gasteiger partial charge in [0.1, 0.15) is 0 Å². The SMILES string of the molecule is CCCCCCN=N. The van der Waals surface area contributed by atoms with Crippen molar-refractivity contribution in [3.8, 4) is 0 Å². The molecule has 0 unspecified atom stereocenters. The van der Waals surface area contributed by atoms with E-state index in [1.54, 1.807) is 0 Å². The van der Waals surface area contributed by atoms with Gasteiger partial charge in [0.05, 0.1) is 6.54 Å². The van der Waals surface area contributed by atoms with Crippen LogP contribution in [0.5, 0.6) is 0 Å². The van der Waals surface area contributed by atoms with Crippen LogP contribution in [0.3, 0.4) is 0 Å². The number of rotatable bonds is 5. The van der Waals surface area contributed by atoms with Crippen LogP contribution in [0.4, 0.5) is 0 Å². The van der Waals surface area contributed by atoms with E-state index < -0.39 is 0 Å². The first-order chi connectivity index (χ1) is 3.91. The van der Waals surface area contributed by atoms with E-state index in [-0.39, 0.29) is 0 Å². The van der Waals surface area contributed by atoms with Crippen LogP contribution in [0, 0.1) is 5.53 Å². The van der Waals surface area contributed by atoms with Crippen LogP contribution in [-0.4, -0.2) is 6.54 Å². The number of hydrogen-bond donors (Lipinski definition) is 1. The van der Waals surface area contributed by atoms with Crippen molar-refractivity contribution >= 4 is 0 Å². The Morgan fingerprint density at radius 2 is 2.00 bits per heavy atom. The van der Waals surface area contributed by atoms with Crippen LogP contribution >= 0.6 is 0 Å². The molecule has 0 aliphatic rings. The Morgan fingerprint density at radius 1 is 1.25 bits per heavy atom. The fraction of sp³-hybridized carbons (Fsp3) is 1.00. The molecule has 0 radical (unpaired) electrons. The van der Waals surface area contributed by atoms with Crippen molar-refractivity contribution in [1.29, 1.82) is 5.53 Å². The quantitative estimate of drug-likeness (QED) is 0.421. The summed E-state index contributed by atoms with van der Waals surface area (Å²) in [6, 6.07) is 0. The average Bonchev–Trinajstić information content (AvgIpc) is 1.81. The molecule has 8 heavy (non-hydrogen) atoms. The highest BCUT2D eigenvalue weighted by Crippen LogP contribution is 1.97. The van der Waals surface area contributed by atoms with Crippen LogP contribution in [-0.2, 0) is 0 Å². The lowest BCUT2D eigenvalue weighted by Crippen LogP contribution is -1.78. The molecule has 0 aromatic heterocycles. The van der Waals surface area contributed by atoms with Gasteiger partial charge in [0.25, 0.3) is 0 Å². The minimum atomic E-state index is 0.722. The maximum absolute atomic E-state index is 6.46. The summed E-state index contributed by atoms with van der Waals surface area (Å²) in [7, 11) is 0. The molecular formula is C6H14N2. The van der Waals surface area contributed by atoms with Crippen LogP contribution in [0.15, 0.2) is 5.11 Å². The van der Waals surface area contributed by atoms with E-state index >= 15 is 0 Å². The molecule has 0 aromatic carbocycles. The van der Waals surface area contributed by atoms with Crippen LogP contribution in [0.1, 0.15) is 32.6 Å². The van der Waals surface area contributed by atoms with Crippen molar-refractivity contribution in [2.24, 2.45) is 5.11 Å². The minimum Gasteiger partial charge on any atom is -0.210 e. The van der Waals surface area contributed by atoms with E-state index in [0.29, 0.717) is 0 Å². The third-order valence-electron chi connectivity index (χ3n) is 1.12. The van der Waals surface area contributed by atoms with Crippen LogP contribution in [0.25, 0.3) is 0 Å². The lowest BCUT2D eigenvalue weighted by atomic mass is 10.2. The molecule has 2 heteroatoms. The summed E-state index contributed by atoms with van der Waals surface area (Å²) in [6.07, 6.45) is 4.88. The fourth-order valence-corrected chi connectivity index (χ4v) is 0.618. The molecule has 0 spiro atoms. The molecule has 0 bridgehead atoms. The van der Waals surface area contributed by atoms with Crippen molar-refractivity contribution in [2.75, 3.05) is 6.54 Å². The molecule has 1 N–H and O–H groups in total. The Labute approximate surface area is 50.8 Å². The molecule has 0 fully saturated rings. The largest absolute Gasteiger partial charge is 0.210 e. The van der Waals surface area contributed by atoms with Gasteiger partial charge in [-0.2, -0.15) is 5.11 Å². The highest BCUT2D eigenvalue weighted by molar-refractivity contribution is 4.40. The lowest BCUT2D eigenvalue weighted by molar-refractivity contribution is 0.660. The van der Waals surface area contributed by atoms with E-state index in [0.717, 1.165) is 13.0 Å². The number of nitrogens with zero attached hydrogens (tertiary/aromatic N) is 1. The lowest BCUT2D eigenvalue weighted by Gasteiger charge is -1.90. The Hall–Kier alpha value is -0.400. The molecule has 0 aliphatic carbocycles. The van der Waals surface area contributed by atoms with Gasteiger partial charge >= 0.3 is 0 Å². The van der Waals surface area contributed by atoms with Gasteiger partial charge in [0, 0.05) is 0 Å². The van der Waals surface area contributed by atoms with E-state index in [1.807, 2.05) is 0 Å². The zero-order valence-corrected chi connectivity index (χ0v) is 5.48. The molecule has 0 saturated heterocycles. The van der Waals surface area contributed by atoms with Gasteiger partial charge < -0.3 is 0 Å². The van der Waals surface area contributed by atoms with Crippen molar-refractivity contribution in [1.82, 2.24) is 0 Å². The smallest absolute Gasteiger partial charge is 0.0596 e. The molecule has 48 valence electrons. The molecule has 0 saturated carbocycles. The second-order valence-electron chi connectivity index (χ2n) is 1.94. The summed E-state index contributed by atoms with van der Waals surface area (Å²) in [4.78, 5) is 0. The Morgan fingerprint density at radius 3 is 2.50 bits per heavy atom. The number of hydrogen-bond acceptors (Lipinski definition) is 2. The number of nitrogens with one attached hydrogen (secondary N) is 1. The third-order valence-corrected chi connectivity index (χ3v) is 1.12.